The van der Waals surface area contributed by atoms with Crippen molar-refractivity contribution in [3.63, 3.8) is 0 Å². The molecule has 1 aromatic rings. The molecule has 100 valence electrons. The SMILES string of the molecule is COc1cc(CNC(C)CSC)cc([N+](=O)[O-])c1. The van der Waals surface area contributed by atoms with Crippen LogP contribution in [0.1, 0.15) is 12.5 Å². The lowest BCUT2D eigenvalue weighted by Gasteiger charge is -2.12. The molecule has 0 aromatic heterocycles. The third kappa shape index (κ3) is 4.54. The minimum Gasteiger partial charge on any atom is -0.496 e. The number of nitrogens with zero attached hydrogens (tertiary/aromatic N) is 1. The van der Waals surface area contributed by atoms with Crippen LogP contribution in [0.3, 0.4) is 0 Å². The van der Waals surface area contributed by atoms with Crippen molar-refractivity contribution in [3.05, 3.63) is 33.9 Å². The Morgan fingerprint density at radius 3 is 2.78 bits per heavy atom. The summed E-state index contributed by atoms with van der Waals surface area (Å²) in [6.07, 6.45) is 2.05. The lowest BCUT2D eigenvalue weighted by Crippen LogP contribution is -2.27. The van der Waals surface area contributed by atoms with Crippen LogP contribution in [0.5, 0.6) is 5.75 Å². The van der Waals surface area contributed by atoms with Gasteiger partial charge in [0.15, 0.2) is 0 Å². The van der Waals surface area contributed by atoms with Gasteiger partial charge in [0.25, 0.3) is 5.69 Å². The zero-order valence-electron chi connectivity index (χ0n) is 10.8. The van der Waals surface area contributed by atoms with E-state index in [2.05, 4.69) is 18.5 Å². The van der Waals surface area contributed by atoms with E-state index >= 15 is 0 Å². The van der Waals surface area contributed by atoms with Gasteiger partial charge < -0.3 is 10.1 Å². The second-order valence-corrected chi connectivity index (χ2v) is 4.94. The fourth-order valence-electron chi connectivity index (χ4n) is 1.57. The average molecular weight is 270 g/mol. The van der Waals surface area contributed by atoms with Crippen molar-refractivity contribution >= 4 is 17.4 Å². The normalized spacial score (nSPS) is 12.2. The molecule has 0 spiro atoms. The summed E-state index contributed by atoms with van der Waals surface area (Å²) in [6, 6.07) is 5.17. The molecular weight excluding hydrogens is 252 g/mol. The number of nitro benzene ring substituents is 1. The largest absolute Gasteiger partial charge is 0.496 e. The van der Waals surface area contributed by atoms with Gasteiger partial charge in [0.1, 0.15) is 5.75 Å². The molecule has 1 unspecified atom stereocenters. The summed E-state index contributed by atoms with van der Waals surface area (Å²) in [6.45, 7) is 2.69. The molecule has 1 atom stereocenters. The number of benzene rings is 1. The summed E-state index contributed by atoms with van der Waals surface area (Å²) >= 11 is 1.77. The maximum atomic E-state index is 10.8. The van der Waals surface area contributed by atoms with Gasteiger partial charge in [-0.15, -0.1) is 0 Å². The number of methoxy groups -OCH3 is 1. The summed E-state index contributed by atoms with van der Waals surface area (Å²) in [5.41, 5.74) is 0.915. The summed E-state index contributed by atoms with van der Waals surface area (Å²) in [4.78, 5) is 10.4. The molecular formula is C12H18N2O3S. The Morgan fingerprint density at radius 2 is 2.22 bits per heavy atom. The van der Waals surface area contributed by atoms with Crippen LogP contribution in [0.4, 0.5) is 5.69 Å². The summed E-state index contributed by atoms with van der Waals surface area (Å²) in [5, 5.41) is 14.1. The number of nitro groups is 1. The Hall–Kier alpha value is -1.27. The molecule has 1 aromatic carbocycles. The number of non-ortho nitro benzene ring substituents is 1. The van der Waals surface area contributed by atoms with Crippen LogP contribution in [0.25, 0.3) is 0 Å². The first kappa shape index (κ1) is 14.8. The molecule has 1 N–H and O–H groups in total. The second kappa shape index (κ2) is 7.23. The smallest absolute Gasteiger partial charge is 0.273 e. The number of ether oxygens (including phenoxy) is 1. The van der Waals surface area contributed by atoms with Gasteiger partial charge in [0.2, 0.25) is 0 Å². The minimum atomic E-state index is -0.405. The fourth-order valence-corrected chi connectivity index (χ4v) is 2.19. The number of rotatable bonds is 7. The third-order valence-electron chi connectivity index (χ3n) is 2.47. The van der Waals surface area contributed by atoms with E-state index in [9.17, 15) is 10.1 Å². The summed E-state index contributed by atoms with van der Waals surface area (Å²) in [5.74, 6) is 1.52. The highest BCUT2D eigenvalue weighted by Crippen LogP contribution is 2.22. The van der Waals surface area contributed by atoms with Gasteiger partial charge in [-0.1, -0.05) is 0 Å². The highest BCUT2D eigenvalue weighted by molar-refractivity contribution is 7.98. The van der Waals surface area contributed by atoms with Crippen LogP contribution in [0.2, 0.25) is 0 Å². The molecule has 5 nitrogen and oxygen atoms in total. The Labute approximate surface area is 111 Å². The maximum absolute atomic E-state index is 10.8. The zero-order chi connectivity index (χ0) is 13.5. The van der Waals surface area contributed by atoms with E-state index < -0.39 is 4.92 Å². The van der Waals surface area contributed by atoms with Gasteiger partial charge in [-0.25, -0.2) is 0 Å². The van der Waals surface area contributed by atoms with Crippen LogP contribution in [0.15, 0.2) is 18.2 Å². The standard InChI is InChI=1S/C12H18N2O3S/c1-9(8-18-3)13-7-10-4-11(14(15)16)6-12(5-10)17-2/h4-6,9,13H,7-8H2,1-3H3. The summed E-state index contributed by atoms with van der Waals surface area (Å²) < 4.78 is 5.06. The monoisotopic (exact) mass is 270 g/mol. The van der Waals surface area contributed by atoms with Crippen LogP contribution < -0.4 is 10.1 Å². The van der Waals surface area contributed by atoms with Crippen molar-refractivity contribution in [2.24, 2.45) is 0 Å². The lowest BCUT2D eigenvalue weighted by atomic mass is 10.2. The van der Waals surface area contributed by atoms with Gasteiger partial charge >= 0.3 is 0 Å². The number of hydrogen-bond acceptors (Lipinski definition) is 5. The first-order chi connectivity index (χ1) is 8.56. The lowest BCUT2D eigenvalue weighted by molar-refractivity contribution is -0.385. The second-order valence-electron chi connectivity index (χ2n) is 4.03. The number of hydrogen-bond donors (Lipinski definition) is 1. The van der Waals surface area contributed by atoms with Crippen LogP contribution >= 0.6 is 11.8 Å². The Morgan fingerprint density at radius 1 is 1.50 bits per heavy atom. The molecule has 0 bridgehead atoms. The van der Waals surface area contributed by atoms with E-state index in [4.69, 9.17) is 4.74 Å². The van der Waals surface area contributed by atoms with E-state index in [1.807, 2.05) is 6.07 Å². The zero-order valence-corrected chi connectivity index (χ0v) is 11.6. The van der Waals surface area contributed by atoms with E-state index in [0.717, 1.165) is 11.3 Å². The molecule has 0 amide bonds. The van der Waals surface area contributed by atoms with Crippen LogP contribution in [0, 0.1) is 10.1 Å². The van der Waals surface area contributed by atoms with Crippen molar-refractivity contribution in [2.45, 2.75) is 19.5 Å². The van der Waals surface area contributed by atoms with Crippen molar-refractivity contribution in [1.82, 2.24) is 5.32 Å². The predicted molar refractivity (Wildman–Crippen MR) is 74.3 cm³/mol. The van der Waals surface area contributed by atoms with E-state index in [0.29, 0.717) is 18.3 Å². The molecule has 0 aliphatic heterocycles. The molecule has 0 aliphatic carbocycles. The van der Waals surface area contributed by atoms with Crippen molar-refractivity contribution < 1.29 is 9.66 Å². The van der Waals surface area contributed by atoms with E-state index in [-0.39, 0.29) is 5.69 Å². The van der Waals surface area contributed by atoms with Crippen molar-refractivity contribution in [1.29, 1.82) is 0 Å². The van der Waals surface area contributed by atoms with Gasteiger partial charge in [-0.3, -0.25) is 10.1 Å². The van der Waals surface area contributed by atoms with Crippen molar-refractivity contribution in [2.75, 3.05) is 19.1 Å². The molecule has 0 saturated carbocycles. The molecule has 0 aliphatic rings. The molecule has 0 saturated heterocycles. The quantitative estimate of drug-likeness (QED) is 0.609. The molecule has 18 heavy (non-hydrogen) atoms. The fraction of sp³-hybridized carbons (Fsp3) is 0.500. The average Bonchev–Trinajstić information content (AvgIpc) is 2.36. The molecule has 1 rings (SSSR count). The van der Waals surface area contributed by atoms with Gasteiger partial charge in [0.05, 0.1) is 18.1 Å². The van der Waals surface area contributed by atoms with E-state index in [1.165, 1.54) is 13.2 Å². The molecule has 6 heteroatoms. The minimum absolute atomic E-state index is 0.0590. The van der Waals surface area contributed by atoms with Gasteiger partial charge in [-0.05, 0) is 24.8 Å². The van der Waals surface area contributed by atoms with E-state index in [1.54, 1.807) is 17.8 Å². The highest BCUT2D eigenvalue weighted by atomic mass is 32.2. The first-order valence-corrected chi connectivity index (χ1v) is 7.01. The molecule has 0 fully saturated rings. The Bertz CT molecular complexity index is 412. The summed E-state index contributed by atoms with van der Waals surface area (Å²) in [7, 11) is 1.51. The van der Waals surface area contributed by atoms with Crippen molar-refractivity contribution in [3.8, 4) is 5.75 Å². The van der Waals surface area contributed by atoms with Crippen LogP contribution in [-0.4, -0.2) is 30.1 Å². The third-order valence-corrected chi connectivity index (χ3v) is 3.30. The van der Waals surface area contributed by atoms with Crippen LogP contribution in [-0.2, 0) is 6.54 Å². The van der Waals surface area contributed by atoms with Gasteiger partial charge in [-0.2, -0.15) is 11.8 Å². The molecule has 0 radical (unpaired) electrons. The number of nitrogens with one attached hydrogen (secondary N) is 1. The first-order valence-electron chi connectivity index (χ1n) is 5.61. The predicted octanol–water partition coefficient (Wildman–Crippen LogP) is 2.44. The Kier molecular flexibility index (Phi) is 5.94. The molecule has 0 heterocycles. The topological polar surface area (TPSA) is 64.4 Å². The number of thioether (sulfide) groups is 1. The Balaban J connectivity index is 2.75. The highest BCUT2D eigenvalue weighted by Gasteiger charge is 2.10. The maximum Gasteiger partial charge on any atom is 0.273 e. The van der Waals surface area contributed by atoms with Gasteiger partial charge in [0, 0.05) is 24.4 Å².